The minimum absolute atomic E-state index is 0.0784. The number of halogens is 1. The molecule has 6 heteroatoms. The van der Waals surface area contributed by atoms with Crippen molar-refractivity contribution in [3.63, 3.8) is 0 Å². The third kappa shape index (κ3) is 4.22. The van der Waals surface area contributed by atoms with Crippen LogP contribution in [-0.2, 0) is 9.84 Å². The van der Waals surface area contributed by atoms with E-state index < -0.39 is 15.9 Å². The van der Waals surface area contributed by atoms with E-state index in [0.717, 1.165) is 11.3 Å². The molecule has 0 radical (unpaired) electrons. The number of nitrogens with one attached hydrogen (secondary N) is 1. The van der Waals surface area contributed by atoms with Gasteiger partial charge in [-0.05, 0) is 42.0 Å². The molecule has 0 amide bonds. The normalized spacial score (nSPS) is 12.9. The standard InChI is InChI=1S/C16H18ClNO3S/c1-2-22(20,21)15-9-7-14(8-10-15)18-11-16(19)12-3-5-13(17)6-4-12/h3-10,16,18-19H,2,11H2,1H3/t16-/m0/s1. The Hall–Kier alpha value is -1.56. The van der Waals surface area contributed by atoms with Crippen LogP contribution in [0.4, 0.5) is 5.69 Å². The summed E-state index contributed by atoms with van der Waals surface area (Å²) < 4.78 is 23.4. The zero-order valence-electron chi connectivity index (χ0n) is 12.2. The number of sulfone groups is 1. The zero-order valence-corrected chi connectivity index (χ0v) is 13.7. The van der Waals surface area contributed by atoms with Gasteiger partial charge in [-0.2, -0.15) is 0 Å². The summed E-state index contributed by atoms with van der Waals surface area (Å²) in [6.07, 6.45) is -0.670. The lowest BCUT2D eigenvalue weighted by Gasteiger charge is -2.13. The fraction of sp³-hybridized carbons (Fsp3) is 0.250. The zero-order chi connectivity index (χ0) is 16.2. The summed E-state index contributed by atoms with van der Waals surface area (Å²) in [5, 5.41) is 13.8. The summed E-state index contributed by atoms with van der Waals surface area (Å²) in [5.41, 5.74) is 1.52. The average Bonchev–Trinajstić information content (AvgIpc) is 2.53. The van der Waals surface area contributed by atoms with Crippen molar-refractivity contribution < 1.29 is 13.5 Å². The van der Waals surface area contributed by atoms with Crippen LogP contribution < -0.4 is 5.32 Å². The van der Waals surface area contributed by atoms with E-state index in [1.807, 2.05) is 0 Å². The minimum atomic E-state index is -3.18. The fourth-order valence-electron chi connectivity index (χ4n) is 1.96. The van der Waals surface area contributed by atoms with E-state index in [2.05, 4.69) is 5.32 Å². The SMILES string of the molecule is CCS(=O)(=O)c1ccc(NC[C@H](O)c2ccc(Cl)cc2)cc1. The van der Waals surface area contributed by atoms with Crippen LogP contribution in [0, 0.1) is 0 Å². The molecule has 22 heavy (non-hydrogen) atoms. The lowest BCUT2D eigenvalue weighted by molar-refractivity contribution is 0.191. The molecule has 0 aliphatic heterocycles. The number of hydrogen-bond donors (Lipinski definition) is 2. The molecular formula is C16H18ClNO3S. The van der Waals surface area contributed by atoms with E-state index in [1.165, 1.54) is 0 Å². The van der Waals surface area contributed by atoms with Crippen LogP contribution in [0.25, 0.3) is 0 Å². The Bertz CT molecular complexity index is 712. The summed E-state index contributed by atoms with van der Waals surface area (Å²) in [6, 6.07) is 13.5. The summed E-state index contributed by atoms with van der Waals surface area (Å²) in [6.45, 7) is 1.94. The first-order chi connectivity index (χ1) is 10.4. The number of aliphatic hydroxyl groups excluding tert-OH is 1. The molecule has 2 N–H and O–H groups in total. The number of benzene rings is 2. The Labute approximate surface area is 135 Å². The van der Waals surface area contributed by atoms with Crippen LogP contribution in [0.5, 0.6) is 0 Å². The molecule has 0 aliphatic carbocycles. The van der Waals surface area contributed by atoms with E-state index in [-0.39, 0.29) is 5.75 Å². The third-order valence-corrected chi connectivity index (χ3v) is 5.35. The predicted molar refractivity (Wildman–Crippen MR) is 89.1 cm³/mol. The van der Waals surface area contributed by atoms with Crippen molar-refractivity contribution in [3.8, 4) is 0 Å². The van der Waals surface area contributed by atoms with Crippen LogP contribution in [0.1, 0.15) is 18.6 Å². The van der Waals surface area contributed by atoms with E-state index in [9.17, 15) is 13.5 Å². The van der Waals surface area contributed by atoms with Gasteiger partial charge in [0.2, 0.25) is 0 Å². The van der Waals surface area contributed by atoms with Gasteiger partial charge in [-0.15, -0.1) is 0 Å². The van der Waals surface area contributed by atoms with Crippen molar-refractivity contribution in [1.29, 1.82) is 0 Å². The van der Waals surface area contributed by atoms with Crippen LogP contribution in [-0.4, -0.2) is 25.8 Å². The lowest BCUT2D eigenvalue weighted by atomic mass is 10.1. The van der Waals surface area contributed by atoms with E-state index in [1.54, 1.807) is 55.5 Å². The topological polar surface area (TPSA) is 66.4 Å². The van der Waals surface area contributed by atoms with E-state index in [4.69, 9.17) is 11.6 Å². The maximum Gasteiger partial charge on any atom is 0.178 e. The van der Waals surface area contributed by atoms with Crippen molar-refractivity contribution >= 4 is 27.1 Å². The Morgan fingerprint density at radius 3 is 2.23 bits per heavy atom. The van der Waals surface area contributed by atoms with Gasteiger partial charge in [0.1, 0.15) is 0 Å². The number of anilines is 1. The van der Waals surface area contributed by atoms with Gasteiger partial charge in [-0.3, -0.25) is 0 Å². The monoisotopic (exact) mass is 339 g/mol. The van der Waals surface area contributed by atoms with Gasteiger partial charge in [-0.1, -0.05) is 30.7 Å². The largest absolute Gasteiger partial charge is 0.387 e. The predicted octanol–water partition coefficient (Wildman–Crippen LogP) is 3.28. The number of rotatable bonds is 6. The Morgan fingerprint density at radius 2 is 1.68 bits per heavy atom. The maximum absolute atomic E-state index is 11.7. The molecule has 0 aromatic heterocycles. The molecule has 0 unspecified atom stereocenters. The summed E-state index contributed by atoms with van der Waals surface area (Å²) in [5.74, 6) is 0.0784. The van der Waals surface area contributed by atoms with Gasteiger partial charge in [0, 0.05) is 17.3 Å². The molecule has 2 aromatic rings. The molecule has 0 bridgehead atoms. The fourth-order valence-corrected chi connectivity index (χ4v) is 2.97. The molecule has 0 aliphatic rings. The van der Waals surface area contributed by atoms with Crippen LogP contribution >= 0.6 is 11.6 Å². The van der Waals surface area contributed by atoms with Crippen molar-refractivity contribution in [2.24, 2.45) is 0 Å². The van der Waals surface area contributed by atoms with Crippen LogP contribution in [0.3, 0.4) is 0 Å². The highest BCUT2D eigenvalue weighted by Crippen LogP contribution is 2.19. The minimum Gasteiger partial charge on any atom is -0.387 e. The highest BCUT2D eigenvalue weighted by atomic mass is 35.5. The average molecular weight is 340 g/mol. The second-order valence-corrected chi connectivity index (χ2v) is 7.59. The molecular weight excluding hydrogens is 322 g/mol. The molecule has 0 saturated carbocycles. The number of hydrogen-bond acceptors (Lipinski definition) is 4. The first-order valence-electron chi connectivity index (χ1n) is 6.92. The maximum atomic E-state index is 11.7. The quantitative estimate of drug-likeness (QED) is 0.847. The second-order valence-electron chi connectivity index (χ2n) is 4.88. The van der Waals surface area contributed by atoms with Gasteiger partial charge >= 0.3 is 0 Å². The number of aliphatic hydroxyl groups is 1. The summed E-state index contributed by atoms with van der Waals surface area (Å²) >= 11 is 5.81. The van der Waals surface area contributed by atoms with Gasteiger partial charge in [0.15, 0.2) is 9.84 Å². The smallest absolute Gasteiger partial charge is 0.178 e. The first-order valence-corrected chi connectivity index (χ1v) is 8.95. The third-order valence-electron chi connectivity index (χ3n) is 3.35. The summed E-state index contributed by atoms with van der Waals surface area (Å²) in [7, 11) is -3.18. The highest BCUT2D eigenvalue weighted by Gasteiger charge is 2.11. The second kappa shape index (κ2) is 7.13. The van der Waals surface area contributed by atoms with E-state index in [0.29, 0.717) is 16.5 Å². The molecule has 118 valence electrons. The molecule has 0 saturated heterocycles. The van der Waals surface area contributed by atoms with Crippen molar-refractivity contribution in [1.82, 2.24) is 0 Å². The summed E-state index contributed by atoms with van der Waals surface area (Å²) in [4.78, 5) is 0.304. The lowest BCUT2D eigenvalue weighted by Crippen LogP contribution is -2.12. The molecule has 0 spiro atoms. The van der Waals surface area contributed by atoms with Gasteiger partial charge in [-0.25, -0.2) is 8.42 Å². The van der Waals surface area contributed by atoms with E-state index >= 15 is 0 Å². The van der Waals surface area contributed by atoms with Crippen molar-refractivity contribution in [2.45, 2.75) is 17.9 Å². The highest BCUT2D eigenvalue weighted by molar-refractivity contribution is 7.91. The molecule has 2 rings (SSSR count). The van der Waals surface area contributed by atoms with Gasteiger partial charge < -0.3 is 10.4 Å². The first kappa shape index (κ1) is 16.8. The molecule has 2 aromatic carbocycles. The Kier molecular flexibility index (Phi) is 5.45. The van der Waals surface area contributed by atoms with Crippen molar-refractivity contribution in [3.05, 3.63) is 59.1 Å². The van der Waals surface area contributed by atoms with Crippen molar-refractivity contribution in [2.75, 3.05) is 17.6 Å². The van der Waals surface area contributed by atoms with Gasteiger partial charge in [0.05, 0.1) is 16.8 Å². The molecule has 1 atom stereocenters. The molecule has 0 heterocycles. The van der Waals surface area contributed by atoms with Crippen LogP contribution in [0.15, 0.2) is 53.4 Å². The Balaban J connectivity index is 1.98. The molecule has 0 fully saturated rings. The van der Waals surface area contributed by atoms with Gasteiger partial charge in [0.25, 0.3) is 0 Å². The van der Waals surface area contributed by atoms with Crippen LogP contribution in [0.2, 0.25) is 5.02 Å². The molecule has 4 nitrogen and oxygen atoms in total. The Morgan fingerprint density at radius 1 is 1.09 bits per heavy atom.